The van der Waals surface area contributed by atoms with Crippen molar-refractivity contribution >= 4 is 23.3 Å². The molecule has 3 aromatic carbocycles. The van der Waals surface area contributed by atoms with Crippen LogP contribution in [0.4, 0.5) is 0 Å². The Morgan fingerprint density at radius 2 is 1.50 bits per heavy atom. The number of carbonyl (C=O) groups excluding carboxylic acids is 2. The number of benzene rings is 3. The Morgan fingerprint density at radius 3 is 2.18 bits per heavy atom. The van der Waals surface area contributed by atoms with E-state index in [-0.39, 0.29) is 24.3 Å². The molecule has 4 nitrogen and oxygen atoms in total. The Balaban J connectivity index is 1.54. The molecule has 1 atom stereocenters. The van der Waals surface area contributed by atoms with Gasteiger partial charge in [0.05, 0.1) is 6.04 Å². The predicted octanol–water partition coefficient (Wildman–Crippen LogP) is 4.83. The molecule has 0 fully saturated rings. The lowest BCUT2D eigenvalue weighted by atomic mass is 10.0. The second-order valence-corrected chi connectivity index (χ2v) is 6.73. The van der Waals surface area contributed by atoms with Gasteiger partial charge in [-0.1, -0.05) is 60.1 Å². The second-order valence-electron chi connectivity index (χ2n) is 6.32. The highest BCUT2D eigenvalue weighted by Gasteiger charge is 2.13. The van der Waals surface area contributed by atoms with Crippen molar-refractivity contribution in [2.75, 3.05) is 6.61 Å². The smallest absolute Gasteiger partial charge is 0.258 e. The fraction of sp³-hybridized carbons (Fsp3) is 0.130. The summed E-state index contributed by atoms with van der Waals surface area (Å²) in [4.78, 5) is 24.5. The summed E-state index contributed by atoms with van der Waals surface area (Å²) in [5.74, 6) is 0.209. The van der Waals surface area contributed by atoms with Gasteiger partial charge in [0, 0.05) is 16.1 Å². The van der Waals surface area contributed by atoms with Crippen LogP contribution in [-0.4, -0.2) is 18.3 Å². The average molecular weight is 394 g/mol. The van der Waals surface area contributed by atoms with Crippen molar-refractivity contribution < 1.29 is 14.3 Å². The Hall–Kier alpha value is -3.11. The summed E-state index contributed by atoms with van der Waals surface area (Å²) in [5, 5.41) is 3.46. The Kier molecular flexibility index (Phi) is 6.45. The number of ether oxygens (including phenoxy) is 1. The molecule has 0 aliphatic carbocycles. The van der Waals surface area contributed by atoms with Crippen molar-refractivity contribution in [3.05, 3.63) is 101 Å². The number of rotatable bonds is 7. The zero-order chi connectivity index (χ0) is 19.9. The van der Waals surface area contributed by atoms with Gasteiger partial charge in [-0.15, -0.1) is 0 Å². The van der Waals surface area contributed by atoms with Crippen LogP contribution in [0.3, 0.4) is 0 Å². The van der Waals surface area contributed by atoms with E-state index < -0.39 is 0 Å². The van der Waals surface area contributed by atoms with Crippen LogP contribution in [0.5, 0.6) is 5.75 Å². The predicted molar refractivity (Wildman–Crippen MR) is 110 cm³/mol. The maximum Gasteiger partial charge on any atom is 0.258 e. The van der Waals surface area contributed by atoms with Gasteiger partial charge in [0.1, 0.15) is 5.75 Å². The number of carbonyl (C=O) groups is 2. The number of hydrogen-bond acceptors (Lipinski definition) is 3. The molecule has 1 N–H and O–H groups in total. The lowest BCUT2D eigenvalue weighted by Gasteiger charge is -2.16. The van der Waals surface area contributed by atoms with Gasteiger partial charge in [-0.05, 0) is 42.8 Å². The summed E-state index contributed by atoms with van der Waals surface area (Å²) in [5.41, 5.74) is 2.04. The quantitative estimate of drug-likeness (QED) is 0.585. The third-order valence-electron chi connectivity index (χ3n) is 4.27. The van der Waals surface area contributed by atoms with Crippen LogP contribution < -0.4 is 10.1 Å². The zero-order valence-corrected chi connectivity index (χ0v) is 16.1. The van der Waals surface area contributed by atoms with Crippen molar-refractivity contribution in [3.8, 4) is 5.75 Å². The highest BCUT2D eigenvalue weighted by atomic mass is 35.5. The zero-order valence-electron chi connectivity index (χ0n) is 15.4. The average Bonchev–Trinajstić information content (AvgIpc) is 2.73. The van der Waals surface area contributed by atoms with Crippen molar-refractivity contribution in [1.29, 1.82) is 0 Å². The molecule has 0 spiro atoms. The van der Waals surface area contributed by atoms with Gasteiger partial charge in [0.2, 0.25) is 0 Å². The van der Waals surface area contributed by atoms with Crippen molar-refractivity contribution in [3.63, 3.8) is 0 Å². The summed E-state index contributed by atoms with van der Waals surface area (Å²) in [7, 11) is 0. The van der Waals surface area contributed by atoms with Gasteiger partial charge < -0.3 is 10.1 Å². The standard InChI is InChI=1S/C23H20ClNO3/c1-16(20-9-5-6-10-21(20)24)25-22(26)15-28-19-13-11-18(12-14-19)23(27)17-7-3-2-4-8-17/h2-14,16H,15H2,1H3,(H,25,26)/t16-/m0/s1. The van der Waals surface area contributed by atoms with Crippen LogP contribution in [0.15, 0.2) is 78.9 Å². The van der Waals surface area contributed by atoms with Crippen molar-refractivity contribution in [1.82, 2.24) is 5.32 Å². The molecule has 0 heterocycles. The molecule has 5 heteroatoms. The first-order valence-electron chi connectivity index (χ1n) is 8.91. The minimum atomic E-state index is -0.253. The second kappa shape index (κ2) is 9.20. The lowest BCUT2D eigenvalue weighted by Crippen LogP contribution is -2.31. The first kappa shape index (κ1) is 19.6. The highest BCUT2D eigenvalue weighted by Crippen LogP contribution is 2.22. The molecule has 0 bridgehead atoms. The van der Waals surface area contributed by atoms with Crippen LogP contribution >= 0.6 is 11.6 Å². The number of amides is 1. The number of hydrogen-bond donors (Lipinski definition) is 1. The third-order valence-corrected chi connectivity index (χ3v) is 4.62. The van der Waals surface area contributed by atoms with Crippen LogP contribution in [0.2, 0.25) is 5.02 Å². The van der Waals surface area contributed by atoms with E-state index in [4.69, 9.17) is 16.3 Å². The molecule has 0 radical (unpaired) electrons. The van der Waals surface area contributed by atoms with Crippen molar-refractivity contribution in [2.24, 2.45) is 0 Å². The van der Waals surface area contributed by atoms with E-state index in [0.717, 1.165) is 5.56 Å². The normalized spacial score (nSPS) is 11.5. The highest BCUT2D eigenvalue weighted by molar-refractivity contribution is 6.31. The van der Waals surface area contributed by atoms with Gasteiger partial charge in [-0.25, -0.2) is 0 Å². The summed E-state index contributed by atoms with van der Waals surface area (Å²) in [6, 6.07) is 23.0. The van der Waals surface area contributed by atoms with Gasteiger partial charge in [0.15, 0.2) is 12.4 Å². The maximum absolute atomic E-state index is 12.4. The minimum Gasteiger partial charge on any atom is -0.484 e. The molecule has 1 amide bonds. The number of ketones is 1. The van der Waals surface area contributed by atoms with Crippen molar-refractivity contribution in [2.45, 2.75) is 13.0 Å². The molecule has 28 heavy (non-hydrogen) atoms. The fourth-order valence-electron chi connectivity index (χ4n) is 2.79. The largest absolute Gasteiger partial charge is 0.484 e. The fourth-order valence-corrected chi connectivity index (χ4v) is 3.09. The van der Waals surface area contributed by atoms with Gasteiger partial charge in [-0.3, -0.25) is 9.59 Å². The van der Waals surface area contributed by atoms with Gasteiger partial charge in [0.25, 0.3) is 5.91 Å². The van der Waals surface area contributed by atoms with E-state index in [9.17, 15) is 9.59 Å². The molecule has 0 aliphatic rings. The summed E-state index contributed by atoms with van der Waals surface area (Å²) < 4.78 is 5.52. The van der Waals surface area contributed by atoms with E-state index >= 15 is 0 Å². The molecule has 0 saturated heterocycles. The molecular formula is C23H20ClNO3. The van der Waals surface area contributed by atoms with Crippen LogP contribution in [0.1, 0.15) is 34.5 Å². The molecule has 0 aromatic heterocycles. The summed E-state index contributed by atoms with van der Waals surface area (Å²) in [6.45, 7) is 1.74. The molecular weight excluding hydrogens is 374 g/mol. The van der Waals surface area contributed by atoms with E-state index in [0.29, 0.717) is 21.9 Å². The molecule has 0 saturated carbocycles. The monoisotopic (exact) mass is 393 g/mol. The van der Waals surface area contributed by atoms with E-state index in [2.05, 4.69) is 5.32 Å². The van der Waals surface area contributed by atoms with Crippen LogP contribution in [-0.2, 0) is 4.79 Å². The minimum absolute atomic E-state index is 0.0570. The maximum atomic E-state index is 12.4. The lowest BCUT2D eigenvalue weighted by molar-refractivity contribution is -0.123. The van der Waals surface area contributed by atoms with E-state index in [1.165, 1.54) is 0 Å². The summed E-state index contributed by atoms with van der Waals surface area (Å²) >= 11 is 6.15. The van der Waals surface area contributed by atoms with Crippen LogP contribution in [0.25, 0.3) is 0 Å². The number of halogens is 1. The van der Waals surface area contributed by atoms with Gasteiger partial charge in [-0.2, -0.15) is 0 Å². The number of nitrogens with one attached hydrogen (secondary N) is 1. The molecule has 0 unspecified atom stereocenters. The third kappa shape index (κ3) is 4.99. The topological polar surface area (TPSA) is 55.4 Å². The molecule has 0 aliphatic heterocycles. The first-order chi connectivity index (χ1) is 13.5. The Labute approximate surface area is 169 Å². The van der Waals surface area contributed by atoms with E-state index in [1.807, 2.05) is 43.3 Å². The molecule has 3 rings (SSSR count). The SMILES string of the molecule is C[C@H](NC(=O)COc1ccc(C(=O)c2ccccc2)cc1)c1ccccc1Cl. The Morgan fingerprint density at radius 1 is 0.893 bits per heavy atom. The van der Waals surface area contributed by atoms with Gasteiger partial charge >= 0.3 is 0 Å². The van der Waals surface area contributed by atoms with E-state index in [1.54, 1.807) is 42.5 Å². The Bertz CT molecular complexity index is 955. The molecule has 3 aromatic rings. The first-order valence-corrected chi connectivity index (χ1v) is 9.29. The van der Waals surface area contributed by atoms with Crippen LogP contribution in [0, 0.1) is 0 Å². The summed E-state index contributed by atoms with van der Waals surface area (Å²) in [6.07, 6.45) is 0. The molecule has 142 valence electrons.